The monoisotopic (exact) mass is 330 g/mol. The number of aromatic nitrogens is 2. The zero-order chi connectivity index (χ0) is 14.4. The highest BCUT2D eigenvalue weighted by atomic mass is 79.9. The normalized spacial score (nSPS) is 13.5. The van der Waals surface area contributed by atoms with Crippen molar-refractivity contribution in [2.75, 3.05) is 27.7 Å². The first kappa shape index (κ1) is 16.7. The van der Waals surface area contributed by atoms with Crippen molar-refractivity contribution in [2.24, 2.45) is 5.92 Å². The van der Waals surface area contributed by atoms with E-state index in [9.17, 15) is 0 Å². The SMILES string of the molecule is CCC(CC)C(NC)c1c(Br)cnn1CCN(C)C. The number of nitrogens with one attached hydrogen (secondary N) is 1. The van der Waals surface area contributed by atoms with Gasteiger partial charge in [0.05, 0.1) is 29.0 Å². The van der Waals surface area contributed by atoms with Crippen LogP contribution in [-0.2, 0) is 6.54 Å². The maximum atomic E-state index is 4.51. The number of nitrogens with zero attached hydrogens (tertiary/aromatic N) is 3. The summed E-state index contributed by atoms with van der Waals surface area (Å²) in [6, 6.07) is 0.356. The summed E-state index contributed by atoms with van der Waals surface area (Å²) in [4.78, 5) is 2.19. The highest BCUT2D eigenvalue weighted by Gasteiger charge is 2.24. The van der Waals surface area contributed by atoms with Gasteiger partial charge < -0.3 is 10.2 Å². The predicted octanol–water partition coefficient (Wildman–Crippen LogP) is 2.90. The van der Waals surface area contributed by atoms with E-state index in [0.717, 1.165) is 17.6 Å². The van der Waals surface area contributed by atoms with Gasteiger partial charge in [0, 0.05) is 6.54 Å². The average Bonchev–Trinajstić information content (AvgIpc) is 2.74. The van der Waals surface area contributed by atoms with E-state index < -0.39 is 0 Å². The smallest absolute Gasteiger partial charge is 0.0698 e. The molecule has 5 heteroatoms. The molecular formula is C14H27BrN4. The molecule has 0 aliphatic rings. The maximum absolute atomic E-state index is 4.51. The maximum Gasteiger partial charge on any atom is 0.0698 e. The number of hydrogen-bond acceptors (Lipinski definition) is 3. The van der Waals surface area contributed by atoms with E-state index in [0.29, 0.717) is 12.0 Å². The van der Waals surface area contributed by atoms with Crippen LogP contribution < -0.4 is 5.32 Å². The van der Waals surface area contributed by atoms with Crippen molar-refractivity contribution in [3.05, 3.63) is 16.4 Å². The highest BCUT2D eigenvalue weighted by Crippen LogP contribution is 2.31. The van der Waals surface area contributed by atoms with Crippen LogP contribution in [0.5, 0.6) is 0 Å². The predicted molar refractivity (Wildman–Crippen MR) is 84.4 cm³/mol. The Morgan fingerprint density at radius 3 is 2.47 bits per heavy atom. The van der Waals surface area contributed by atoms with Crippen LogP contribution in [0.25, 0.3) is 0 Å². The molecule has 0 aliphatic carbocycles. The van der Waals surface area contributed by atoms with Gasteiger partial charge in [0.15, 0.2) is 0 Å². The number of likely N-dealkylation sites (N-methyl/N-ethyl adjacent to an activating group) is 1. The topological polar surface area (TPSA) is 33.1 Å². The lowest BCUT2D eigenvalue weighted by Crippen LogP contribution is -2.29. The molecule has 0 fully saturated rings. The van der Waals surface area contributed by atoms with E-state index >= 15 is 0 Å². The summed E-state index contributed by atoms with van der Waals surface area (Å²) in [6.07, 6.45) is 4.26. The molecule has 110 valence electrons. The van der Waals surface area contributed by atoms with Crippen molar-refractivity contribution >= 4 is 15.9 Å². The molecule has 19 heavy (non-hydrogen) atoms. The molecule has 0 amide bonds. The largest absolute Gasteiger partial charge is 0.311 e. The van der Waals surface area contributed by atoms with Crippen molar-refractivity contribution in [1.29, 1.82) is 0 Å². The molecule has 1 N–H and O–H groups in total. The lowest BCUT2D eigenvalue weighted by Gasteiger charge is -2.26. The van der Waals surface area contributed by atoms with Gasteiger partial charge in [-0.3, -0.25) is 4.68 Å². The van der Waals surface area contributed by atoms with Crippen LogP contribution in [0.2, 0.25) is 0 Å². The van der Waals surface area contributed by atoms with Gasteiger partial charge in [0.1, 0.15) is 0 Å². The van der Waals surface area contributed by atoms with Gasteiger partial charge >= 0.3 is 0 Å². The summed E-state index contributed by atoms with van der Waals surface area (Å²) in [7, 11) is 6.22. The second-order valence-electron chi connectivity index (χ2n) is 5.25. The molecule has 0 saturated heterocycles. The Bertz CT molecular complexity index is 372. The number of rotatable bonds is 8. The van der Waals surface area contributed by atoms with Crippen molar-refractivity contribution < 1.29 is 0 Å². The molecule has 1 rings (SSSR count). The Labute approximate surface area is 125 Å². The van der Waals surface area contributed by atoms with Crippen LogP contribution in [0, 0.1) is 5.92 Å². The molecule has 1 aromatic heterocycles. The van der Waals surface area contributed by atoms with E-state index in [1.165, 1.54) is 18.5 Å². The lowest BCUT2D eigenvalue weighted by atomic mass is 9.92. The molecule has 4 nitrogen and oxygen atoms in total. The average molecular weight is 331 g/mol. The molecule has 0 spiro atoms. The Morgan fingerprint density at radius 2 is 2.00 bits per heavy atom. The van der Waals surface area contributed by atoms with Crippen LogP contribution in [0.1, 0.15) is 38.4 Å². The van der Waals surface area contributed by atoms with Crippen LogP contribution in [0.3, 0.4) is 0 Å². The lowest BCUT2D eigenvalue weighted by molar-refractivity contribution is 0.322. The van der Waals surface area contributed by atoms with Gasteiger partial charge in [-0.25, -0.2) is 0 Å². The first-order valence-corrected chi connectivity index (χ1v) is 7.87. The van der Waals surface area contributed by atoms with Crippen molar-refractivity contribution in [1.82, 2.24) is 20.0 Å². The third kappa shape index (κ3) is 4.29. The third-order valence-corrected chi connectivity index (χ3v) is 4.33. The summed E-state index contributed by atoms with van der Waals surface area (Å²) >= 11 is 3.66. The van der Waals surface area contributed by atoms with E-state index in [1.807, 2.05) is 13.2 Å². The van der Waals surface area contributed by atoms with Crippen LogP contribution in [0.15, 0.2) is 10.7 Å². The minimum atomic E-state index is 0.356. The van der Waals surface area contributed by atoms with Gasteiger partial charge in [-0.15, -0.1) is 0 Å². The molecule has 0 bridgehead atoms. The Hall–Kier alpha value is -0.390. The standard InChI is InChI=1S/C14H27BrN4/c1-6-11(7-2)13(16-3)14-12(15)10-17-19(14)9-8-18(4)5/h10-11,13,16H,6-9H2,1-5H3. The zero-order valence-corrected chi connectivity index (χ0v) is 14.4. The van der Waals surface area contributed by atoms with Crippen LogP contribution >= 0.6 is 15.9 Å². The summed E-state index contributed by atoms with van der Waals surface area (Å²) < 4.78 is 3.24. The molecule has 0 aromatic carbocycles. The summed E-state index contributed by atoms with van der Waals surface area (Å²) in [6.45, 7) is 6.44. The van der Waals surface area contributed by atoms with Crippen LogP contribution in [-0.4, -0.2) is 42.4 Å². The third-order valence-electron chi connectivity index (χ3n) is 3.72. The molecular weight excluding hydrogens is 304 g/mol. The molecule has 0 aliphatic heterocycles. The quantitative estimate of drug-likeness (QED) is 0.795. The van der Waals surface area contributed by atoms with E-state index in [2.05, 4.69) is 63.9 Å². The van der Waals surface area contributed by atoms with E-state index in [-0.39, 0.29) is 0 Å². The van der Waals surface area contributed by atoms with Gasteiger partial charge in [0.25, 0.3) is 0 Å². The van der Waals surface area contributed by atoms with Gasteiger partial charge in [-0.2, -0.15) is 5.10 Å². The fraction of sp³-hybridized carbons (Fsp3) is 0.786. The molecule has 0 saturated carbocycles. The van der Waals surface area contributed by atoms with Gasteiger partial charge in [-0.1, -0.05) is 26.7 Å². The van der Waals surface area contributed by atoms with Crippen LogP contribution in [0.4, 0.5) is 0 Å². The van der Waals surface area contributed by atoms with Gasteiger partial charge in [0.2, 0.25) is 0 Å². The fourth-order valence-electron chi connectivity index (χ4n) is 2.51. The van der Waals surface area contributed by atoms with E-state index in [4.69, 9.17) is 0 Å². The molecule has 1 unspecified atom stereocenters. The summed E-state index contributed by atoms with van der Waals surface area (Å²) in [5.74, 6) is 0.635. The fourth-order valence-corrected chi connectivity index (χ4v) is 3.05. The second-order valence-corrected chi connectivity index (χ2v) is 6.10. The molecule has 1 atom stereocenters. The number of hydrogen-bond donors (Lipinski definition) is 1. The Morgan fingerprint density at radius 1 is 1.37 bits per heavy atom. The highest BCUT2D eigenvalue weighted by molar-refractivity contribution is 9.10. The summed E-state index contributed by atoms with van der Waals surface area (Å²) in [5.41, 5.74) is 1.28. The minimum absolute atomic E-state index is 0.356. The molecule has 1 aromatic rings. The van der Waals surface area contributed by atoms with Gasteiger partial charge in [-0.05, 0) is 43.0 Å². The van der Waals surface area contributed by atoms with Crippen molar-refractivity contribution in [2.45, 2.75) is 39.3 Å². The second kappa shape index (κ2) is 8.02. The van der Waals surface area contributed by atoms with Crippen molar-refractivity contribution in [3.8, 4) is 0 Å². The minimum Gasteiger partial charge on any atom is -0.311 e. The Kier molecular flexibility index (Phi) is 7.04. The van der Waals surface area contributed by atoms with Crippen molar-refractivity contribution in [3.63, 3.8) is 0 Å². The summed E-state index contributed by atoms with van der Waals surface area (Å²) in [5, 5.41) is 7.98. The Balaban J connectivity index is 2.98. The first-order valence-electron chi connectivity index (χ1n) is 7.08. The first-order chi connectivity index (χ1) is 9.04. The molecule has 1 heterocycles. The number of halogens is 1. The molecule has 0 radical (unpaired) electrons. The van der Waals surface area contributed by atoms with E-state index in [1.54, 1.807) is 0 Å². The zero-order valence-electron chi connectivity index (χ0n) is 12.8.